The maximum absolute atomic E-state index is 13.3. The van der Waals surface area contributed by atoms with E-state index < -0.39 is 5.82 Å². The summed E-state index contributed by atoms with van der Waals surface area (Å²) in [5.74, 6) is 0.189. The number of halogens is 2. The topological polar surface area (TPSA) is 35.2 Å². The van der Waals surface area contributed by atoms with Gasteiger partial charge in [0.25, 0.3) is 0 Å². The van der Waals surface area contributed by atoms with Crippen LogP contribution in [0.15, 0.2) is 46.9 Å². The van der Waals surface area contributed by atoms with Crippen LogP contribution in [-0.4, -0.2) is 0 Å². The molecule has 0 aliphatic rings. The lowest BCUT2D eigenvalue weighted by Gasteiger charge is -2.09. The van der Waals surface area contributed by atoms with Crippen LogP contribution in [-0.2, 0) is 0 Å². The number of rotatable bonds is 2. The van der Waals surface area contributed by atoms with Crippen molar-refractivity contribution in [2.45, 2.75) is 0 Å². The standard InChI is InChI=1S/C12H9BrFNO/c13-8-5-6-12(10(15)7-8)16-11-4-2-1-3-9(11)14/h1-7H,15H2. The van der Waals surface area contributed by atoms with Crippen LogP contribution in [0.5, 0.6) is 11.5 Å². The maximum atomic E-state index is 13.3. The Balaban J connectivity index is 2.31. The van der Waals surface area contributed by atoms with Gasteiger partial charge in [0, 0.05) is 4.47 Å². The van der Waals surface area contributed by atoms with Crippen LogP contribution in [0.1, 0.15) is 0 Å². The zero-order chi connectivity index (χ0) is 11.5. The van der Waals surface area contributed by atoms with Crippen LogP contribution in [0.25, 0.3) is 0 Å². The molecule has 0 saturated heterocycles. The first-order chi connectivity index (χ1) is 7.66. The summed E-state index contributed by atoms with van der Waals surface area (Å²) in [6.45, 7) is 0. The number of nitrogen functional groups attached to an aromatic ring is 1. The predicted octanol–water partition coefficient (Wildman–Crippen LogP) is 3.96. The Morgan fingerprint density at radius 1 is 1.06 bits per heavy atom. The summed E-state index contributed by atoms with van der Waals surface area (Å²) in [6.07, 6.45) is 0. The van der Waals surface area contributed by atoms with Gasteiger partial charge in [0.1, 0.15) is 0 Å². The van der Waals surface area contributed by atoms with Crippen molar-refractivity contribution in [2.75, 3.05) is 5.73 Å². The smallest absolute Gasteiger partial charge is 0.165 e. The lowest BCUT2D eigenvalue weighted by Crippen LogP contribution is -1.93. The third-order valence-corrected chi connectivity index (χ3v) is 2.52. The van der Waals surface area contributed by atoms with Crippen LogP contribution >= 0.6 is 15.9 Å². The van der Waals surface area contributed by atoms with E-state index in [2.05, 4.69) is 15.9 Å². The van der Waals surface area contributed by atoms with E-state index in [0.717, 1.165) is 4.47 Å². The fourth-order valence-electron chi connectivity index (χ4n) is 1.26. The van der Waals surface area contributed by atoms with Crippen molar-refractivity contribution in [1.82, 2.24) is 0 Å². The van der Waals surface area contributed by atoms with E-state index >= 15 is 0 Å². The highest BCUT2D eigenvalue weighted by molar-refractivity contribution is 9.10. The highest BCUT2D eigenvalue weighted by Gasteiger charge is 2.06. The van der Waals surface area contributed by atoms with Gasteiger partial charge in [-0.15, -0.1) is 0 Å². The zero-order valence-electron chi connectivity index (χ0n) is 8.28. The molecule has 82 valence electrons. The average molecular weight is 282 g/mol. The van der Waals surface area contributed by atoms with E-state index in [4.69, 9.17) is 10.5 Å². The number of hydrogen-bond donors (Lipinski definition) is 1. The van der Waals surface area contributed by atoms with Crippen molar-refractivity contribution in [3.63, 3.8) is 0 Å². The van der Waals surface area contributed by atoms with Crippen LogP contribution in [0, 0.1) is 5.82 Å². The first kappa shape index (κ1) is 11.0. The van der Waals surface area contributed by atoms with Gasteiger partial charge in [0.05, 0.1) is 5.69 Å². The maximum Gasteiger partial charge on any atom is 0.165 e. The summed E-state index contributed by atoms with van der Waals surface area (Å²) in [6, 6.07) is 11.4. The fourth-order valence-corrected chi connectivity index (χ4v) is 1.64. The van der Waals surface area contributed by atoms with Crippen LogP contribution in [0.4, 0.5) is 10.1 Å². The Kier molecular flexibility index (Phi) is 3.10. The van der Waals surface area contributed by atoms with Crippen molar-refractivity contribution in [1.29, 1.82) is 0 Å². The van der Waals surface area contributed by atoms with E-state index in [1.54, 1.807) is 36.4 Å². The number of nitrogens with two attached hydrogens (primary N) is 1. The summed E-state index contributed by atoms with van der Waals surface area (Å²) in [5.41, 5.74) is 6.20. The van der Waals surface area contributed by atoms with Gasteiger partial charge in [-0.25, -0.2) is 4.39 Å². The Hall–Kier alpha value is -1.55. The molecule has 0 spiro atoms. The molecule has 0 bridgehead atoms. The molecule has 2 nitrogen and oxygen atoms in total. The van der Waals surface area contributed by atoms with Crippen molar-refractivity contribution < 1.29 is 9.13 Å². The number of benzene rings is 2. The summed E-state index contributed by atoms with van der Waals surface area (Å²) in [4.78, 5) is 0. The zero-order valence-corrected chi connectivity index (χ0v) is 9.87. The second-order valence-corrected chi connectivity index (χ2v) is 4.13. The minimum absolute atomic E-state index is 0.163. The summed E-state index contributed by atoms with van der Waals surface area (Å²) >= 11 is 3.29. The van der Waals surface area contributed by atoms with E-state index in [9.17, 15) is 4.39 Å². The molecule has 2 aromatic carbocycles. The highest BCUT2D eigenvalue weighted by Crippen LogP contribution is 2.30. The minimum Gasteiger partial charge on any atom is -0.452 e. The van der Waals surface area contributed by atoms with E-state index in [-0.39, 0.29) is 5.75 Å². The summed E-state index contributed by atoms with van der Waals surface area (Å²) in [7, 11) is 0. The fraction of sp³-hybridized carbons (Fsp3) is 0. The molecule has 0 amide bonds. The molecule has 4 heteroatoms. The SMILES string of the molecule is Nc1cc(Br)ccc1Oc1ccccc1F. The molecule has 0 saturated carbocycles. The van der Waals surface area contributed by atoms with Crippen LogP contribution < -0.4 is 10.5 Å². The number of hydrogen-bond acceptors (Lipinski definition) is 2. The molecule has 2 rings (SSSR count). The van der Waals surface area contributed by atoms with Crippen molar-refractivity contribution in [3.05, 3.63) is 52.8 Å². The Morgan fingerprint density at radius 2 is 1.81 bits per heavy atom. The molecule has 0 unspecified atom stereocenters. The van der Waals surface area contributed by atoms with Crippen LogP contribution in [0.3, 0.4) is 0 Å². The molecule has 0 aromatic heterocycles. The van der Waals surface area contributed by atoms with Gasteiger partial charge in [-0.1, -0.05) is 28.1 Å². The van der Waals surface area contributed by atoms with Gasteiger partial charge >= 0.3 is 0 Å². The molecule has 0 heterocycles. The molecule has 0 aliphatic heterocycles. The molecule has 2 N–H and O–H groups in total. The van der Waals surface area contributed by atoms with Gasteiger partial charge in [-0.05, 0) is 30.3 Å². The Bertz CT molecular complexity index is 516. The Morgan fingerprint density at radius 3 is 2.50 bits per heavy atom. The monoisotopic (exact) mass is 281 g/mol. The largest absolute Gasteiger partial charge is 0.452 e. The second-order valence-electron chi connectivity index (χ2n) is 3.21. The first-order valence-corrected chi connectivity index (χ1v) is 5.43. The number of para-hydroxylation sites is 1. The van der Waals surface area contributed by atoms with Crippen LogP contribution in [0.2, 0.25) is 0 Å². The van der Waals surface area contributed by atoms with Crippen molar-refractivity contribution in [3.8, 4) is 11.5 Å². The molecule has 0 radical (unpaired) electrons. The predicted molar refractivity (Wildman–Crippen MR) is 65.0 cm³/mol. The summed E-state index contributed by atoms with van der Waals surface area (Å²) < 4.78 is 19.5. The Labute approximate surface area is 101 Å². The normalized spacial score (nSPS) is 10.1. The molecule has 0 aliphatic carbocycles. The number of anilines is 1. The van der Waals surface area contributed by atoms with Crippen molar-refractivity contribution in [2.24, 2.45) is 0 Å². The molecule has 2 aromatic rings. The van der Waals surface area contributed by atoms with Gasteiger partial charge in [-0.3, -0.25) is 0 Å². The average Bonchev–Trinajstić information content (AvgIpc) is 2.25. The van der Waals surface area contributed by atoms with Gasteiger partial charge in [0.15, 0.2) is 17.3 Å². The highest BCUT2D eigenvalue weighted by atomic mass is 79.9. The lowest BCUT2D eigenvalue weighted by atomic mass is 10.3. The molecule has 0 atom stereocenters. The van der Waals surface area contributed by atoms with E-state index in [1.165, 1.54) is 6.07 Å². The van der Waals surface area contributed by atoms with Crippen molar-refractivity contribution >= 4 is 21.6 Å². The van der Waals surface area contributed by atoms with Gasteiger partial charge < -0.3 is 10.5 Å². The lowest BCUT2D eigenvalue weighted by molar-refractivity contribution is 0.444. The van der Waals surface area contributed by atoms with E-state index in [1.807, 2.05) is 0 Å². The quantitative estimate of drug-likeness (QED) is 0.846. The molecular weight excluding hydrogens is 273 g/mol. The second kappa shape index (κ2) is 4.53. The third-order valence-electron chi connectivity index (χ3n) is 2.03. The first-order valence-electron chi connectivity index (χ1n) is 4.64. The molecular formula is C12H9BrFNO. The third kappa shape index (κ3) is 2.33. The van der Waals surface area contributed by atoms with Gasteiger partial charge in [0.2, 0.25) is 0 Å². The van der Waals surface area contributed by atoms with E-state index in [0.29, 0.717) is 11.4 Å². The number of ether oxygens (including phenoxy) is 1. The summed E-state index contributed by atoms with van der Waals surface area (Å²) in [5, 5.41) is 0. The molecule has 16 heavy (non-hydrogen) atoms. The molecule has 0 fully saturated rings. The van der Waals surface area contributed by atoms with Gasteiger partial charge in [-0.2, -0.15) is 0 Å². The minimum atomic E-state index is -0.412.